The van der Waals surface area contributed by atoms with Crippen molar-refractivity contribution in [2.24, 2.45) is 0 Å². The number of carbonyl (C=O) groups excluding carboxylic acids is 3. The highest BCUT2D eigenvalue weighted by molar-refractivity contribution is 5.71. The van der Waals surface area contributed by atoms with Gasteiger partial charge in [0.25, 0.3) is 0 Å². The zero-order valence-corrected chi connectivity index (χ0v) is 41.1. The number of esters is 3. The maximum atomic E-state index is 12.8. The Balaban J connectivity index is 4.41. The first-order valence-electron chi connectivity index (χ1n) is 26.7. The van der Waals surface area contributed by atoms with Crippen LogP contribution < -0.4 is 0 Å². The molecule has 6 heteroatoms. The fraction of sp³-hybridized carbons (Fsp3) is 0.804. The van der Waals surface area contributed by atoms with Gasteiger partial charge in [0.15, 0.2) is 6.10 Å². The van der Waals surface area contributed by atoms with Crippen molar-refractivity contribution in [3.8, 4) is 0 Å². The van der Waals surface area contributed by atoms with Crippen molar-refractivity contribution in [1.29, 1.82) is 0 Å². The Labute approximate surface area is 384 Å². The van der Waals surface area contributed by atoms with Gasteiger partial charge in [-0.15, -0.1) is 0 Å². The second kappa shape index (κ2) is 51.0. The van der Waals surface area contributed by atoms with Gasteiger partial charge in [0, 0.05) is 19.3 Å². The lowest BCUT2D eigenvalue weighted by Gasteiger charge is -2.18. The molecule has 1 unspecified atom stereocenters. The number of allylic oxidation sites excluding steroid dienone is 8. The van der Waals surface area contributed by atoms with Gasteiger partial charge in [-0.3, -0.25) is 14.4 Å². The minimum absolute atomic E-state index is 0.0861. The standard InChI is InChI=1S/C56H100O6/c1-4-7-10-13-16-19-22-25-27-29-31-34-37-40-43-46-49-55(58)61-52-53(51-60-54(57)48-45-42-39-36-33-30-24-21-18-15-12-9-6-3)62-56(59)50-47-44-41-38-35-32-28-26-23-20-17-14-11-8-5-2/h17,20,23,26-27,29-30,33,53H,4-16,18-19,21-22,24-25,28,31-32,34-52H2,1-3H3/b20-17-,26-23-,29-27-,33-30-. The van der Waals surface area contributed by atoms with Crippen LogP contribution >= 0.6 is 0 Å². The van der Waals surface area contributed by atoms with Gasteiger partial charge in [-0.1, -0.05) is 204 Å². The molecule has 0 rings (SSSR count). The van der Waals surface area contributed by atoms with Crippen molar-refractivity contribution in [3.05, 3.63) is 48.6 Å². The summed E-state index contributed by atoms with van der Waals surface area (Å²) in [5.41, 5.74) is 0. The van der Waals surface area contributed by atoms with Crippen LogP contribution in [0, 0.1) is 0 Å². The Morgan fingerprint density at radius 2 is 0.581 bits per heavy atom. The molecule has 0 aliphatic carbocycles. The molecule has 0 aliphatic rings. The first-order chi connectivity index (χ1) is 30.5. The van der Waals surface area contributed by atoms with Gasteiger partial charge in [0.05, 0.1) is 0 Å². The third-order valence-corrected chi connectivity index (χ3v) is 11.6. The SMILES string of the molecule is CCCCC/C=C\C=C/CCCCCCCCC(=O)OC(COC(=O)CCCCC/C=C\CCCCCCCC)COC(=O)CCCCCCC/C=C\CCCCCCCCC. The second-order valence-corrected chi connectivity index (χ2v) is 17.8. The summed E-state index contributed by atoms with van der Waals surface area (Å²) in [5, 5.41) is 0. The Kier molecular flexibility index (Phi) is 48.8. The van der Waals surface area contributed by atoms with Crippen molar-refractivity contribution in [2.75, 3.05) is 13.2 Å². The molecular formula is C56H100O6. The van der Waals surface area contributed by atoms with E-state index in [1.807, 2.05) is 0 Å². The van der Waals surface area contributed by atoms with Crippen molar-refractivity contribution >= 4 is 17.9 Å². The van der Waals surface area contributed by atoms with E-state index >= 15 is 0 Å². The Morgan fingerprint density at radius 1 is 0.323 bits per heavy atom. The lowest BCUT2D eigenvalue weighted by molar-refractivity contribution is -0.167. The quantitative estimate of drug-likeness (QED) is 0.0199. The number of hydrogen-bond acceptors (Lipinski definition) is 6. The first kappa shape index (κ1) is 59.4. The molecule has 0 spiro atoms. The summed E-state index contributed by atoms with van der Waals surface area (Å²) < 4.78 is 16.8. The molecule has 0 saturated carbocycles. The molecule has 0 heterocycles. The first-order valence-corrected chi connectivity index (χ1v) is 26.7. The van der Waals surface area contributed by atoms with E-state index in [4.69, 9.17) is 14.2 Å². The summed E-state index contributed by atoms with van der Waals surface area (Å²) >= 11 is 0. The van der Waals surface area contributed by atoms with Gasteiger partial charge in [0.1, 0.15) is 13.2 Å². The van der Waals surface area contributed by atoms with Crippen LogP contribution in [-0.4, -0.2) is 37.2 Å². The maximum absolute atomic E-state index is 12.8. The van der Waals surface area contributed by atoms with E-state index in [9.17, 15) is 14.4 Å². The van der Waals surface area contributed by atoms with E-state index in [2.05, 4.69) is 69.4 Å². The average Bonchev–Trinajstić information content (AvgIpc) is 3.27. The van der Waals surface area contributed by atoms with E-state index in [0.29, 0.717) is 19.3 Å². The van der Waals surface area contributed by atoms with Gasteiger partial charge < -0.3 is 14.2 Å². The third kappa shape index (κ3) is 48.4. The van der Waals surface area contributed by atoms with E-state index in [1.54, 1.807) is 0 Å². The fourth-order valence-electron chi connectivity index (χ4n) is 7.48. The topological polar surface area (TPSA) is 78.9 Å². The van der Waals surface area contributed by atoms with Crippen LogP contribution in [0.15, 0.2) is 48.6 Å². The van der Waals surface area contributed by atoms with Crippen LogP contribution in [-0.2, 0) is 28.6 Å². The second-order valence-electron chi connectivity index (χ2n) is 17.8. The van der Waals surface area contributed by atoms with Gasteiger partial charge in [-0.25, -0.2) is 0 Å². The van der Waals surface area contributed by atoms with Crippen LogP contribution in [0.2, 0.25) is 0 Å². The van der Waals surface area contributed by atoms with Gasteiger partial charge in [-0.05, 0) is 96.3 Å². The van der Waals surface area contributed by atoms with Crippen LogP contribution in [0.4, 0.5) is 0 Å². The van der Waals surface area contributed by atoms with E-state index in [-0.39, 0.29) is 31.1 Å². The summed E-state index contributed by atoms with van der Waals surface area (Å²) in [6.07, 6.45) is 60.9. The maximum Gasteiger partial charge on any atom is 0.306 e. The van der Waals surface area contributed by atoms with Crippen LogP contribution in [0.3, 0.4) is 0 Å². The predicted octanol–water partition coefficient (Wildman–Crippen LogP) is 17.5. The number of unbranched alkanes of at least 4 members (excludes halogenated alkanes) is 30. The molecule has 62 heavy (non-hydrogen) atoms. The minimum atomic E-state index is -0.787. The Bertz CT molecular complexity index is 1090. The van der Waals surface area contributed by atoms with Gasteiger partial charge in [-0.2, -0.15) is 0 Å². The van der Waals surface area contributed by atoms with Crippen LogP contribution in [0.25, 0.3) is 0 Å². The molecule has 0 N–H and O–H groups in total. The van der Waals surface area contributed by atoms with Gasteiger partial charge in [0.2, 0.25) is 0 Å². The number of rotatable bonds is 48. The number of carbonyl (C=O) groups is 3. The number of ether oxygens (including phenoxy) is 3. The van der Waals surface area contributed by atoms with E-state index < -0.39 is 6.10 Å². The van der Waals surface area contributed by atoms with Crippen molar-refractivity contribution < 1.29 is 28.6 Å². The van der Waals surface area contributed by atoms with Gasteiger partial charge >= 0.3 is 17.9 Å². The lowest BCUT2D eigenvalue weighted by atomic mass is 10.1. The zero-order valence-electron chi connectivity index (χ0n) is 41.1. The summed E-state index contributed by atoms with van der Waals surface area (Å²) in [5.74, 6) is -0.915. The predicted molar refractivity (Wildman–Crippen MR) is 265 cm³/mol. The molecule has 360 valence electrons. The molecule has 0 amide bonds. The zero-order chi connectivity index (χ0) is 45.1. The van der Waals surface area contributed by atoms with Crippen LogP contribution in [0.5, 0.6) is 0 Å². The molecule has 0 aliphatic heterocycles. The molecule has 6 nitrogen and oxygen atoms in total. The summed E-state index contributed by atoms with van der Waals surface area (Å²) in [6, 6.07) is 0. The highest BCUT2D eigenvalue weighted by atomic mass is 16.6. The molecule has 0 aromatic rings. The summed E-state index contributed by atoms with van der Waals surface area (Å²) in [7, 11) is 0. The molecule has 0 fully saturated rings. The third-order valence-electron chi connectivity index (χ3n) is 11.6. The highest BCUT2D eigenvalue weighted by Crippen LogP contribution is 2.14. The van der Waals surface area contributed by atoms with Crippen molar-refractivity contribution in [2.45, 2.75) is 277 Å². The van der Waals surface area contributed by atoms with E-state index in [0.717, 1.165) is 89.9 Å². The lowest BCUT2D eigenvalue weighted by Crippen LogP contribution is -2.30. The van der Waals surface area contributed by atoms with Crippen molar-refractivity contribution in [3.63, 3.8) is 0 Å². The molecule has 0 aromatic heterocycles. The Hall–Kier alpha value is -2.63. The highest BCUT2D eigenvalue weighted by Gasteiger charge is 2.19. The Morgan fingerprint density at radius 3 is 0.952 bits per heavy atom. The molecular weight excluding hydrogens is 769 g/mol. The molecule has 1 atom stereocenters. The molecule has 0 bridgehead atoms. The average molecular weight is 869 g/mol. The fourth-order valence-corrected chi connectivity index (χ4v) is 7.48. The normalized spacial score (nSPS) is 12.4. The largest absolute Gasteiger partial charge is 0.462 e. The summed E-state index contributed by atoms with van der Waals surface area (Å²) in [6.45, 7) is 6.58. The smallest absolute Gasteiger partial charge is 0.306 e. The minimum Gasteiger partial charge on any atom is -0.462 e. The molecule has 0 saturated heterocycles. The van der Waals surface area contributed by atoms with Crippen molar-refractivity contribution in [1.82, 2.24) is 0 Å². The molecule has 0 radical (unpaired) electrons. The van der Waals surface area contributed by atoms with E-state index in [1.165, 1.54) is 141 Å². The van der Waals surface area contributed by atoms with Crippen LogP contribution in [0.1, 0.15) is 271 Å². The number of hydrogen-bond donors (Lipinski definition) is 0. The molecule has 0 aromatic carbocycles. The monoisotopic (exact) mass is 869 g/mol. The summed E-state index contributed by atoms with van der Waals surface area (Å²) in [4.78, 5) is 38.0.